The molecular formula is C28H33ClN6O2. The van der Waals surface area contributed by atoms with E-state index in [1.807, 2.05) is 29.5 Å². The van der Waals surface area contributed by atoms with Crippen molar-refractivity contribution in [1.82, 2.24) is 14.6 Å². The highest BCUT2D eigenvalue weighted by Crippen LogP contribution is 2.38. The zero-order chi connectivity index (χ0) is 26.2. The number of imidazole rings is 1. The first-order valence-corrected chi connectivity index (χ1v) is 13.2. The van der Waals surface area contributed by atoms with E-state index in [4.69, 9.17) is 44.0 Å². The number of hydrogen-bond acceptors (Lipinski definition) is 7. The number of benzene rings is 1. The van der Waals surface area contributed by atoms with Gasteiger partial charge in [-0.1, -0.05) is 63.0 Å². The average molecular weight is 521 g/mol. The SMILES string of the molecule is C#CCOc1ccc(C2=NN(CCCCC)C3N=C(Cl)c4ncn(CCCCC)c4N23)cc1OCC#C. The van der Waals surface area contributed by atoms with Crippen LogP contribution in [0.3, 0.4) is 0 Å². The van der Waals surface area contributed by atoms with Gasteiger partial charge in [0, 0.05) is 18.7 Å². The fourth-order valence-corrected chi connectivity index (χ4v) is 4.66. The monoisotopic (exact) mass is 520 g/mol. The Morgan fingerprint density at radius 3 is 2.38 bits per heavy atom. The molecule has 0 bridgehead atoms. The fraction of sp³-hybridized carbons (Fsp3) is 0.464. The summed E-state index contributed by atoms with van der Waals surface area (Å²) in [6.07, 6.45) is 18.8. The number of hydrazone groups is 1. The Bertz CT molecular complexity index is 1240. The third-order valence-electron chi connectivity index (χ3n) is 6.23. The number of hydrogen-bond donors (Lipinski definition) is 0. The summed E-state index contributed by atoms with van der Waals surface area (Å²) in [5, 5.41) is 7.44. The Hall–Kier alpha value is -3.62. The molecule has 0 spiro atoms. The Balaban J connectivity index is 1.76. The molecule has 4 rings (SSSR count). The first-order valence-electron chi connectivity index (χ1n) is 12.8. The summed E-state index contributed by atoms with van der Waals surface area (Å²) in [5.41, 5.74) is 1.50. The third kappa shape index (κ3) is 5.70. The molecule has 8 nitrogen and oxygen atoms in total. The summed E-state index contributed by atoms with van der Waals surface area (Å²) in [5.74, 6) is 7.65. The predicted molar refractivity (Wildman–Crippen MR) is 148 cm³/mol. The van der Waals surface area contributed by atoms with Crippen LogP contribution >= 0.6 is 11.6 Å². The molecule has 1 aromatic carbocycles. The maximum absolute atomic E-state index is 6.66. The van der Waals surface area contributed by atoms with Crippen molar-refractivity contribution in [2.75, 3.05) is 24.7 Å². The molecule has 0 amide bonds. The van der Waals surface area contributed by atoms with Crippen molar-refractivity contribution in [3.63, 3.8) is 0 Å². The molecule has 2 aliphatic heterocycles. The number of ether oxygens (including phenoxy) is 2. The number of aliphatic imine (C=N–C) groups is 1. The van der Waals surface area contributed by atoms with Crippen LogP contribution in [-0.2, 0) is 6.54 Å². The summed E-state index contributed by atoms with van der Waals surface area (Å²) < 4.78 is 13.6. The van der Waals surface area contributed by atoms with E-state index in [9.17, 15) is 0 Å². The van der Waals surface area contributed by atoms with Gasteiger partial charge in [-0.15, -0.1) is 12.8 Å². The molecule has 9 heteroatoms. The Morgan fingerprint density at radius 2 is 1.68 bits per heavy atom. The molecule has 1 aromatic heterocycles. The van der Waals surface area contributed by atoms with E-state index in [0.717, 1.165) is 68.8 Å². The number of rotatable bonds is 13. The third-order valence-corrected chi connectivity index (χ3v) is 6.51. The van der Waals surface area contributed by atoms with E-state index in [1.54, 1.807) is 0 Å². The van der Waals surface area contributed by atoms with Gasteiger partial charge in [0.1, 0.15) is 24.7 Å². The number of aromatic nitrogens is 2. The van der Waals surface area contributed by atoms with Gasteiger partial charge < -0.3 is 14.0 Å². The highest BCUT2D eigenvalue weighted by molar-refractivity contribution is 6.70. The van der Waals surface area contributed by atoms with Gasteiger partial charge in [-0.25, -0.2) is 9.98 Å². The van der Waals surface area contributed by atoms with Crippen molar-refractivity contribution in [3.8, 4) is 36.2 Å². The normalized spacial score (nSPS) is 15.9. The number of terminal acetylenes is 2. The smallest absolute Gasteiger partial charge is 0.222 e. The second kappa shape index (κ2) is 12.6. The zero-order valence-electron chi connectivity index (χ0n) is 21.5. The van der Waals surface area contributed by atoms with Gasteiger partial charge in [-0.2, -0.15) is 5.10 Å². The number of unbranched alkanes of at least 4 members (excludes halogenated alkanes) is 4. The number of amidine groups is 1. The number of anilines is 1. The second-order valence-electron chi connectivity index (χ2n) is 8.89. The summed E-state index contributed by atoms with van der Waals surface area (Å²) >= 11 is 6.66. The number of halogens is 1. The molecule has 0 saturated heterocycles. The molecule has 1 atom stereocenters. The van der Waals surface area contributed by atoms with E-state index in [0.29, 0.717) is 22.4 Å². The molecule has 194 valence electrons. The molecule has 0 radical (unpaired) electrons. The van der Waals surface area contributed by atoms with E-state index >= 15 is 0 Å². The van der Waals surface area contributed by atoms with Gasteiger partial charge in [0.2, 0.25) is 6.29 Å². The van der Waals surface area contributed by atoms with Crippen LogP contribution in [0.2, 0.25) is 0 Å². The Kier molecular flexibility index (Phi) is 8.98. The minimum Gasteiger partial charge on any atom is -0.477 e. The van der Waals surface area contributed by atoms with Crippen LogP contribution in [0.4, 0.5) is 5.82 Å². The van der Waals surface area contributed by atoms with Crippen LogP contribution in [0.1, 0.15) is 63.6 Å². The minimum atomic E-state index is -0.388. The van der Waals surface area contributed by atoms with Crippen molar-refractivity contribution in [2.45, 2.75) is 65.2 Å². The molecule has 0 fully saturated rings. The predicted octanol–water partition coefficient (Wildman–Crippen LogP) is 5.05. The topological polar surface area (TPSA) is 67.5 Å². The lowest BCUT2D eigenvalue weighted by Gasteiger charge is -2.32. The van der Waals surface area contributed by atoms with Crippen LogP contribution in [0, 0.1) is 24.7 Å². The number of nitrogens with zero attached hydrogens (tertiary/aromatic N) is 6. The number of fused-ring (bicyclic) bond motifs is 3. The average Bonchev–Trinajstić information content (AvgIpc) is 3.49. The minimum absolute atomic E-state index is 0.103. The summed E-state index contributed by atoms with van der Waals surface area (Å²) in [6, 6.07) is 5.65. The largest absolute Gasteiger partial charge is 0.477 e. The molecule has 2 aliphatic rings. The van der Waals surface area contributed by atoms with Crippen molar-refractivity contribution in [3.05, 3.63) is 35.8 Å². The molecule has 0 N–H and O–H groups in total. The lowest BCUT2D eigenvalue weighted by atomic mass is 10.1. The Labute approximate surface area is 224 Å². The fourth-order valence-electron chi connectivity index (χ4n) is 4.43. The first kappa shape index (κ1) is 26.4. The highest BCUT2D eigenvalue weighted by atomic mass is 35.5. The van der Waals surface area contributed by atoms with E-state index in [2.05, 4.69) is 40.1 Å². The van der Waals surface area contributed by atoms with Gasteiger partial charge in [0.25, 0.3) is 0 Å². The quantitative estimate of drug-likeness (QED) is 0.273. The van der Waals surface area contributed by atoms with Crippen LogP contribution < -0.4 is 14.4 Å². The maximum atomic E-state index is 6.66. The van der Waals surface area contributed by atoms with Crippen LogP contribution in [0.5, 0.6) is 11.5 Å². The standard InChI is InChI=1S/C28H33ClN6O2/c1-5-9-11-15-33-20-30-24-25(29)31-28-34(16-12-10-6-2)32-26(35(28)27(24)33)21-13-14-22(36-17-7-3)23(19-21)37-18-8-4/h3-4,13-14,19-20,28H,5-6,9-12,15-18H2,1-2H3. The number of aryl methyl sites for hydroxylation is 1. The molecule has 37 heavy (non-hydrogen) atoms. The van der Waals surface area contributed by atoms with Crippen molar-refractivity contribution >= 4 is 28.4 Å². The molecule has 0 aliphatic carbocycles. The van der Waals surface area contributed by atoms with Gasteiger partial charge in [0.15, 0.2) is 22.5 Å². The van der Waals surface area contributed by atoms with Crippen LogP contribution in [0.15, 0.2) is 34.6 Å². The van der Waals surface area contributed by atoms with Crippen LogP contribution in [-0.4, -0.2) is 51.6 Å². The first-order chi connectivity index (χ1) is 18.1. The van der Waals surface area contributed by atoms with Crippen molar-refractivity contribution < 1.29 is 9.47 Å². The molecular weight excluding hydrogens is 488 g/mol. The van der Waals surface area contributed by atoms with Gasteiger partial charge in [0.05, 0.1) is 6.33 Å². The zero-order valence-corrected chi connectivity index (χ0v) is 22.2. The summed E-state index contributed by atoms with van der Waals surface area (Å²) in [4.78, 5) is 11.5. The summed E-state index contributed by atoms with van der Waals surface area (Å²) in [6.45, 7) is 6.20. The highest BCUT2D eigenvalue weighted by Gasteiger charge is 2.42. The van der Waals surface area contributed by atoms with E-state index in [1.165, 1.54) is 0 Å². The molecule has 1 unspecified atom stereocenters. The molecule has 2 aromatic rings. The molecule has 3 heterocycles. The lowest BCUT2D eigenvalue weighted by molar-refractivity contribution is 0.231. The van der Waals surface area contributed by atoms with E-state index < -0.39 is 0 Å². The van der Waals surface area contributed by atoms with Gasteiger partial charge >= 0.3 is 0 Å². The van der Waals surface area contributed by atoms with Crippen molar-refractivity contribution in [2.24, 2.45) is 10.1 Å². The van der Waals surface area contributed by atoms with E-state index in [-0.39, 0.29) is 19.5 Å². The molecule has 0 saturated carbocycles. The maximum Gasteiger partial charge on any atom is 0.222 e. The lowest BCUT2D eigenvalue weighted by Crippen LogP contribution is -2.45. The van der Waals surface area contributed by atoms with Gasteiger partial charge in [-0.3, -0.25) is 9.91 Å². The van der Waals surface area contributed by atoms with Gasteiger partial charge in [-0.05, 0) is 31.0 Å². The summed E-state index contributed by atoms with van der Waals surface area (Å²) in [7, 11) is 0. The van der Waals surface area contributed by atoms with Crippen molar-refractivity contribution in [1.29, 1.82) is 0 Å². The second-order valence-corrected chi connectivity index (χ2v) is 9.25. The van der Waals surface area contributed by atoms with Crippen LogP contribution in [0.25, 0.3) is 0 Å². The Morgan fingerprint density at radius 1 is 0.973 bits per heavy atom.